The van der Waals surface area contributed by atoms with Crippen molar-refractivity contribution in [2.24, 2.45) is 11.3 Å². The summed E-state index contributed by atoms with van der Waals surface area (Å²) < 4.78 is 10.5. The number of hydrogen-bond acceptors (Lipinski definition) is 6. The number of carbonyl (C=O) groups excluding carboxylic acids is 1. The van der Waals surface area contributed by atoms with E-state index < -0.39 is 0 Å². The summed E-state index contributed by atoms with van der Waals surface area (Å²) in [5, 5.41) is 0. The van der Waals surface area contributed by atoms with Crippen LogP contribution in [0.25, 0.3) is 0 Å². The van der Waals surface area contributed by atoms with Crippen LogP contribution in [0.15, 0.2) is 18.5 Å². The van der Waals surface area contributed by atoms with Gasteiger partial charge in [0.05, 0.1) is 19.1 Å². The van der Waals surface area contributed by atoms with Crippen LogP contribution in [0.4, 0.5) is 5.95 Å². The first-order chi connectivity index (χ1) is 11.7. The fourth-order valence-corrected chi connectivity index (χ4v) is 3.97. The smallest absolute Gasteiger partial charge is 0.228 e. The van der Waals surface area contributed by atoms with Crippen molar-refractivity contribution in [3.63, 3.8) is 0 Å². The summed E-state index contributed by atoms with van der Waals surface area (Å²) in [6, 6.07) is 1.83. The van der Waals surface area contributed by atoms with Crippen molar-refractivity contribution in [3.8, 4) is 0 Å². The lowest BCUT2D eigenvalue weighted by molar-refractivity contribution is -0.133. The number of ether oxygens (including phenoxy) is 2. The van der Waals surface area contributed by atoms with Gasteiger partial charge in [0.25, 0.3) is 0 Å². The molecule has 0 aromatic carbocycles. The number of methoxy groups -OCH3 is 2. The molecule has 0 bridgehead atoms. The first kappa shape index (κ1) is 17.1. The van der Waals surface area contributed by atoms with E-state index in [0.29, 0.717) is 19.8 Å². The van der Waals surface area contributed by atoms with Gasteiger partial charge in [-0.3, -0.25) is 4.79 Å². The second-order valence-corrected chi connectivity index (χ2v) is 6.66. The summed E-state index contributed by atoms with van der Waals surface area (Å²) >= 11 is 0. The van der Waals surface area contributed by atoms with E-state index in [0.717, 1.165) is 38.4 Å². The van der Waals surface area contributed by atoms with Crippen molar-refractivity contribution < 1.29 is 14.3 Å². The maximum Gasteiger partial charge on any atom is 0.228 e. The standard InChI is InChI=1S/C17H26N4O3/c1-23-11-10-21-13-17(14(12-24-2)15(21)22)4-8-20(9-5-17)16-18-6-3-7-19-16/h3,6-7,14H,4-5,8-13H2,1-2H3. The molecule has 1 amide bonds. The molecular formula is C17H26N4O3. The molecular weight excluding hydrogens is 308 g/mol. The minimum Gasteiger partial charge on any atom is -0.384 e. The Morgan fingerprint density at radius 1 is 1.21 bits per heavy atom. The van der Waals surface area contributed by atoms with E-state index in [-0.39, 0.29) is 17.2 Å². The van der Waals surface area contributed by atoms with Crippen LogP contribution in [0.2, 0.25) is 0 Å². The average Bonchev–Trinajstić information content (AvgIpc) is 2.87. The Bertz CT molecular complexity index is 546. The van der Waals surface area contributed by atoms with Gasteiger partial charge in [0.1, 0.15) is 0 Å². The predicted octanol–water partition coefficient (Wildman–Crippen LogP) is 0.814. The van der Waals surface area contributed by atoms with Gasteiger partial charge in [-0.25, -0.2) is 9.97 Å². The van der Waals surface area contributed by atoms with E-state index in [1.807, 2.05) is 11.0 Å². The Balaban J connectivity index is 1.71. The third kappa shape index (κ3) is 3.23. The van der Waals surface area contributed by atoms with Crippen LogP contribution in [0.3, 0.4) is 0 Å². The summed E-state index contributed by atoms with van der Waals surface area (Å²) in [5.41, 5.74) is -0.00782. The normalized spacial score (nSPS) is 23.2. The second kappa shape index (κ2) is 7.44. The maximum absolute atomic E-state index is 12.8. The van der Waals surface area contributed by atoms with Gasteiger partial charge in [0.15, 0.2) is 0 Å². The predicted molar refractivity (Wildman–Crippen MR) is 89.7 cm³/mol. The highest BCUT2D eigenvalue weighted by Gasteiger charge is 2.52. The molecule has 1 spiro atoms. The maximum atomic E-state index is 12.8. The molecule has 2 fully saturated rings. The minimum atomic E-state index is -0.0572. The van der Waals surface area contributed by atoms with Gasteiger partial charge in [0, 0.05) is 58.2 Å². The van der Waals surface area contributed by atoms with Crippen LogP contribution in [-0.2, 0) is 14.3 Å². The molecule has 1 unspecified atom stereocenters. The van der Waals surface area contributed by atoms with Crippen molar-refractivity contribution in [3.05, 3.63) is 18.5 Å². The topological polar surface area (TPSA) is 67.8 Å². The molecule has 2 aliphatic heterocycles. The Hall–Kier alpha value is -1.73. The lowest BCUT2D eigenvalue weighted by Gasteiger charge is -2.41. The summed E-state index contributed by atoms with van der Waals surface area (Å²) in [7, 11) is 3.34. The lowest BCUT2D eigenvalue weighted by atomic mass is 9.71. The molecule has 0 aliphatic carbocycles. The molecule has 2 aliphatic rings. The first-order valence-electron chi connectivity index (χ1n) is 8.49. The quantitative estimate of drug-likeness (QED) is 0.767. The number of amides is 1. The zero-order valence-electron chi connectivity index (χ0n) is 14.5. The Labute approximate surface area is 143 Å². The van der Waals surface area contributed by atoms with E-state index >= 15 is 0 Å². The third-order valence-electron chi connectivity index (χ3n) is 5.35. The van der Waals surface area contributed by atoms with E-state index in [9.17, 15) is 4.79 Å². The molecule has 1 atom stereocenters. The van der Waals surface area contributed by atoms with Crippen molar-refractivity contribution >= 4 is 11.9 Å². The molecule has 24 heavy (non-hydrogen) atoms. The molecule has 0 N–H and O–H groups in total. The first-order valence-corrected chi connectivity index (χ1v) is 8.49. The lowest BCUT2D eigenvalue weighted by Crippen LogP contribution is -2.46. The van der Waals surface area contributed by atoms with E-state index in [1.54, 1.807) is 26.6 Å². The number of nitrogens with zero attached hydrogens (tertiary/aromatic N) is 4. The second-order valence-electron chi connectivity index (χ2n) is 6.66. The van der Waals surface area contributed by atoms with E-state index in [1.165, 1.54) is 0 Å². The van der Waals surface area contributed by atoms with Crippen LogP contribution < -0.4 is 4.90 Å². The van der Waals surface area contributed by atoms with E-state index in [4.69, 9.17) is 9.47 Å². The average molecular weight is 334 g/mol. The highest BCUT2D eigenvalue weighted by molar-refractivity contribution is 5.82. The van der Waals surface area contributed by atoms with Gasteiger partial charge >= 0.3 is 0 Å². The van der Waals surface area contributed by atoms with E-state index in [2.05, 4.69) is 14.9 Å². The number of anilines is 1. The highest BCUT2D eigenvalue weighted by atomic mass is 16.5. The van der Waals surface area contributed by atoms with Gasteiger partial charge in [-0.1, -0.05) is 0 Å². The van der Waals surface area contributed by atoms with Crippen LogP contribution >= 0.6 is 0 Å². The Morgan fingerprint density at radius 2 is 1.92 bits per heavy atom. The number of rotatable bonds is 6. The molecule has 7 heteroatoms. The monoisotopic (exact) mass is 334 g/mol. The van der Waals surface area contributed by atoms with Gasteiger partial charge in [-0.2, -0.15) is 0 Å². The summed E-state index contributed by atoms with van der Waals surface area (Å²) in [6.07, 6.45) is 5.45. The summed E-state index contributed by atoms with van der Waals surface area (Å²) in [6.45, 7) is 4.26. The SMILES string of the molecule is COCCN1CC2(CCN(c3ncccn3)CC2)C(COC)C1=O. The molecule has 1 aromatic heterocycles. The van der Waals surface area contributed by atoms with Gasteiger partial charge < -0.3 is 19.3 Å². The van der Waals surface area contributed by atoms with Gasteiger partial charge in [0.2, 0.25) is 11.9 Å². The van der Waals surface area contributed by atoms with Gasteiger partial charge in [-0.15, -0.1) is 0 Å². The molecule has 3 rings (SSSR count). The van der Waals surface area contributed by atoms with Crippen molar-refractivity contribution in [1.82, 2.24) is 14.9 Å². The fourth-order valence-electron chi connectivity index (χ4n) is 3.97. The van der Waals surface area contributed by atoms with Crippen LogP contribution in [-0.4, -0.2) is 74.4 Å². The Kier molecular flexibility index (Phi) is 5.30. The van der Waals surface area contributed by atoms with Crippen molar-refractivity contribution in [2.75, 3.05) is 58.5 Å². The van der Waals surface area contributed by atoms with Crippen molar-refractivity contribution in [2.45, 2.75) is 12.8 Å². The number of likely N-dealkylation sites (tertiary alicyclic amines) is 1. The zero-order chi connectivity index (χ0) is 17.0. The highest BCUT2D eigenvalue weighted by Crippen LogP contribution is 2.45. The van der Waals surface area contributed by atoms with Crippen molar-refractivity contribution in [1.29, 1.82) is 0 Å². The van der Waals surface area contributed by atoms with Crippen LogP contribution in [0, 0.1) is 11.3 Å². The molecule has 3 heterocycles. The fraction of sp³-hybridized carbons (Fsp3) is 0.706. The summed E-state index contributed by atoms with van der Waals surface area (Å²) in [5.74, 6) is 0.924. The molecule has 7 nitrogen and oxygen atoms in total. The van der Waals surface area contributed by atoms with Crippen LogP contribution in [0.5, 0.6) is 0 Å². The third-order valence-corrected chi connectivity index (χ3v) is 5.35. The molecule has 0 radical (unpaired) electrons. The number of aromatic nitrogens is 2. The summed E-state index contributed by atoms with van der Waals surface area (Å²) in [4.78, 5) is 25.6. The number of hydrogen-bond donors (Lipinski definition) is 0. The largest absolute Gasteiger partial charge is 0.384 e. The molecule has 0 saturated carbocycles. The molecule has 132 valence electrons. The van der Waals surface area contributed by atoms with Gasteiger partial charge in [-0.05, 0) is 18.9 Å². The van der Waals surface area contributed by atoms with Crippen LogP contribution in [0.1, 0.15) is 12.8 Å². The molecule has 2 saturated heterocycles. The minimum absolute atomic E-state index is 0.00782. The zero-order valence-corrected chi connectivity index (χ0v) is 14.5. The Morgan fingerprint density at radius 3 is 2.54 bits per heavy atom. The number of carbonyl (C=O) groups is 1. The number of piperidine rings is 1. The molecule has 1 aromatic rings.